The van der Waals surface area contributed by atoms with E-state index in [0.717, 1.165) is 11.1 Å². The number of rotatable bonds is 15. The Kier molecular flexibility index (Phi) is 11.4. The van der Waals surface area contributed by atoms with Crippen LogP contribution in [0.3, 0.4) is 0 Å². The van der Waals surface area contributed by atoms with Crippen LogP contribution in [0.2, 0.25) is 0 Å². The normalized spacial score (nSPS) is 11.8. The van der Waals surface area contributed by atoms with E-state index in [2.05, 4.69) is 0 Å². The van der Waals surface area contributed by atoms with Crippen LogP contribution in [-0.4, -0.2) is 32.2 Å². The Labute approximate surface area is 184 Å². The molecule has 2 aromatic rings. The van der Waals surface area contributed by atoms with Crippen LogP contribution in [-0.2, 0) is 29.5 Å². The molecule has 0 bridgehead atoms. The number of ketones is 1. The Morgan fingerprint density at radius 1 is 0.935 bits per heavy atom. The third-order valence-corrected chi connectivity index (χ3v) is 5.88. The quantitative estimate of drug-likeness (QED) is 0.188. The first-order chi connectivity index (χ1) is 15.1. The summed E-state index contributed by atoms with van der Waals surface area (Å²) in [5.41, 5.74) is 2.54. The monoisotopic (exact) mass is 446 g/mol. The maximum atomic E-state index is 12.7. The second kappa shape index (κ2) is 14.1. The Balaban J connectivity index is 1.82. The molecule has 7 heteroatoms. The summed E-state index contributed by atoms with van der Waals surface area (Å²) in [5.74, 6) is 0.0544. The predicted molar refractivity (Wildman–Crippen MR) is 122 cm³/mol. The molecular formula is C24H31O6P. The lowest BCUT2D eigenvalue weighted by molar-refractivity contribution is 0.0919. The molecule has 0 atom stereocenters. The zero-order chi connectivity index (χ0) is 22.4. The van der Waals surface area contributed by atoms with Crippen molar-refractivity contribution in [1.82, 2.24) is 0 Å². The van der Waals surface area contributed by atoms with Crippen molar-refractivity contribution in [2.75, 3.05) is 26.4 Å². The van der Waals surface area contributed by atoms with Crippen molar-refractivity contribution in [3.05, 3.63) is 77.4 Å². The molecular weight excluding hydrogens is 415 g/mol. The fourth-order valence-corrected chi connectivity index (χ4v) is 3.99. The number of phosphoric ester groups is 1. The molecule has 0 aliphatic rings. The van der Waals surface area contributed by atoms with Gasteiger partial charge < -0.3 is 4.74 Å². The minimum absolute atomic E-state index is 0.0487. The SMILES string of the molecule is CCOP(=O)(OCC)OC/C=C/c1ccccc1C(=O)CCCOCc1ccccc1. The topological polar surface area (TPSA) is 71.1 Å². The van der Waals surface area contributed by atoms with E-state index < -0.39 is 7.82 Å². The van der Waals surface area contributed by atoms with Gasteiger partial charge in [0, 0.05) is 18.6 Å². The van der Waals surface area contributed by atoms with Crippen molar-refractivity contribution in [2.45, 2.75) is 33.3 Å². The van der Waals surface area contributed by atoms with Crippen molar-refractivity contribution >= 4 is 19.7 Å². The van der Waals surface area contributed by atoms with Gasteiger partial charge in [-0.05, 0) is 31.4 Å². The molecule has 6 nitrogen and oxygen atoms in total. The summed E-state index contributed by atoms with van der Waals surface area (Å²) in [6.45, 7) is 5.02. The molecule has 0 saturated heterocycles. The summed E-state index contributed by atoms with van der Waals surface area (Å²) in [7, 11) is -3.55. The lowest BCUT2D eigenvalue weighted by Crippen LogP contribution is -2.04. The van der Waals surface area contributed by atoms with Crippen LogP contribution < -0.4 is 0 Å². The second-order valence-corrected chi connectivity index (χ2v) is 8.30. The average Bonchev–Trinajstić information content (AvgIpc) is 2.78. The van der Waals surface area contributed by atoms with Gasteiger partial charge in [-0.3, -0.25) is 18.4 Å². The van der Waals surface area contributed by atoms with E-state index in [4.69, 9.17) is 18.3 Å². The number of carbonyl (C=O) groups excluding carboxylic acids is 1. The van der Waals surface area contributed by atoms with E-state index in [-0.39, 0.29) is 25.6 Å². The Morgan fingerprint density at radius 2 is 1.61 bits per heavy atom. The van der Waals surface area contributed by atoms with Gasteiger partial charge in [0.05, 0.1) is 26.4 Å². The Morgan fingerprint density at radius 3 is 2.32 bits per heavy atom. The summed E-state index contributed by atoms with van der Waals surface area (Å²) in [4.78, 5) is 12.7. The molecule has 0 spiro atoms. The van der Waals surface area contributed by atoms with E-state index in [9.17, 15) is 9.36 Å². The van der Waals surface area contributed by atoms with Gasteiger partial charge in [-0.2, -0.15) is 0 Å². The van der Waals surface area contributed by atoms with Crippen molar-refractivity contribution < 1.29 is 27.7 Å². The minimum atomic E-state index is -3.55. The smallest absolute Gasteiger partial charge is 0.377 e. The van der Waals surface area contributed by atoms with Crippen LogP contribution >= 0.6 is 7.82 Å². The van der Waals surface area contributed by atoms with Gasteiger partial charge in [0.15, 0.2) is 5.78 Å². The predicted octanol–water partition coefficient (Wildman–Crippen LogP) is 6.08. The summed E-state index contributed by atoms with van der Waals surface area (Å²) in [6.07, 6.45) is 4.53. The molecule has 0 heterocycles. The highest BCUT2D eigenvalue weighted by atomic mass is 31.2. The number of benzene rings is 2. The summed E-state index contributed by atoms with van der Waals surface area (Å²) >= 11 is 0. The molecule has 168 valence electrons. The average molecular weight is 446 g/mol. The fourth-order valence-electron chi connectivity index (χ4n) is 2.87. The highest BCUT2D eigenvalue weighted by Gasteiger charge is 2.24. The van der Waals surface area contributed by atoms with Gasteiger partial charge in [-0.1, -0.05) is 66.7 Å². The van der Waals surface area contributed by atoms with Crippen LogP contribution in [0, 0.1) is 0 Å². The molecule has 0 aromatic heterocycles. The standard InChI is InChI=1S/C24H31O6P/c1-3-28-31(26,29-4-2)30-19-10-15-22-14-8-9-16-23(22)24(25)17-11-18-27-20-21-12-6-5-7-13-21/h5-10,12-16H,3-4,11,17-20H2,1-2H3/b15-10+. The third-order valence-electron chi connectivity index (χ3n) is 4.27. The lowest BCUT2D eigenvalue weighted by atomic mass is 10.0. The van der Waals surface area contributed by atoms with Crippen LogP contribution in [0.1, 0.15) is 48.2 Å². The Hall–Kier alpha value is -2.08. The van der Waals surface area contributed by atoms with E-state index >= 15 is 0 Å². The van der Waals surface area contributed by atoms with Crippen molar-refractivity contribution in [1.29, 1.82) is 0 Å². The van der Waals surface area contributed by atoms with Gasteiger partial charge in [-0.25, -0.2) is 4.57 Å². The van der Waals surface area contributed by atoms with Gasteiger partial charge in [0.2, 0.25) is 0 Å². The van der Waals surface area contributed by atoms with E-state index in [0.29, 0.717) is 31.6 Å². The maximum Gasteiger partial charge on any atom is 0.475 e. The van der Waals surface area contributed by atoms with Crippen LogP contribution in [0.4, 0.5) is 0 Å². The van der Waals surface area contributed by atoms with Gasteiger partial charge >= 0.3 is 7.82 Å². The van der Waals surface area contributed by atoms with Gasteiger partial charge in [0.25, 0.3) is 0 Å². The molecule has 31 heavy (non-hydrogen) atoms. The number of hydrogen-bond donors (Lipinski definition) is 0. The first-order valence-electron chi connectivity index (χ1n) is 10.5. The largest absolute Gasteiger partial charge is 0.475 e. The van der Waals surface area contributed by atoms with E-state index in [1.54, 1.807) is 32.1 Å². The zero-order valence-corrected chi connectivity index (χ0v) is 19.1. The number of phosphoric acid groups is 1. The maximum absolute atomic E-state index is 12.7. The summed E-state index contributed by atoms with van der Waals surface area (Å²) in [6, 6.07) is 17.3. The minimum Gasteiger partial charge on any atom is -0.377 e. The highest BCUT2D eigenvalue weighted by Crippen LogP contribution is 2.49. The zero-order valence-electron chi connectivity index (χ0n) is 18.2. The van der Waals surface area contributed by atoms with Gasteiger partial charge in [-0.15, -0.1) is 0 Å². The molecule has 0 unspecified atom stereocenters. The highest BCUT2D eigenvalue weighted by molar-refractivity contribution is 7.48. The fraction of sp³-hybridized carbons (Fsp3) is 0.375. The molecule has 0 aliphatic carbocycles. The number of Topliss-reactive ketones (excluding diaryl/α,β-unsaturated/α-hetero) is 1. The molecule has 2 rings (SSSR count). The van der Waals surface area contributed by atoms with Crippen LogP contribution in [0.5, 0.6) is 0 Å². The first-order valence-corrected chi connectivity index (χ1v) is 12.0. The molecule has 0 N–H and O–H groups in total. The van der Waals surface area contributed by atoms with Gasteiger partial charge in [0.1, 0.15) is 0 Å². The molecule has 0 saturated carbocycles. The lowest BCUT2D eigenvalue weighted by Gasteiger charge is -2.15. The van der Waals surface area contributed by atoms with E-state index in [1.807, 2.05) is 48.5 Å². The molecule has 0 aliphatic heterocycles. The number of ether oxygens (including phenoxy) is 1. The summed E-state index contributed by atoms with van der Waals surface area (Å²) < 4.78 is 33.4. The van der Waals surface area contributed by atoms with E-state index in [1.165, 1.54) is 0 Å². The van der Waals surface area contributed by atoms with Crippen molar-refractivity contribution in [3.8, 4) is 0 Å². The van der Waals surface area contributed by atoms with Crippen molar-refractivity contribution in [3.63, 3.8) is 0 Å². The number of hydrogen-bond acceptors (Lipinski definition) is 6. The Bertz CT molecular complexity index is 855. The third kappa shape index (κ3) is 9.30. The molecule has 0 fully saturated rings. The molecule has 0 radical (unpaired) electrons. The second-order valence-electron chi connectivity index (χ2n) is 6.63. The molecule has 2 aromatic carbocycles. The molecule has 0 amide bonds. The first kappa shape index (κ1) is 25.2. The summed E-state index contributed by atoms with van der Waals surface area (Å²) in [5, 5.41) is 0. The van der Waals surface area contributed by atoms with Crippen LogP contribution in [0.25, 0.3) is 6.08 Å². The van der Waals surface area contributed by atoms with Crippen LogP contribution in [0.15, 0.2) is 60.7 Å². The van der Waals surface area contributed by atoms with Crippen molar-refractivity contribution in [2.24, 2.45) is 0 Å². The number of carbonyl (C=O) groups is 1.